The van der Waals surface area contributed by atoms with Crippen molar-refractivity contribution in [3.8, 4) is 11.3 Å². The Morgan fingerprint density at radius 3 is 2.44 bits per heavy atom. The first-order valence-corrected chi connectivity index (χ1v) is 12.0. The Morgan fingerprint density at radius 1 is 1.06 bits per heavy atom. The second kappa shape index (κ2) is 9.46. The molecule has 3 amide bonds. The Morgan fingerprint density at radius 2 is 1.78 bits per heavy atom. The molecule has 1 aliphatic rings. The summed E-state index contributed by atoms with van der Waals surface area (Å²) < 4.78 is 29.9. The number of imide groups is 1. The molecule has 1 N–H and O–H groups in total. The number of halogens is 2. The van der Waals surface area contributed by atoms with Gasteiger partial charge in [-0.1, -0.05) is 12.1 Å². The molecule has 4 aromatic rings. The zero-order chi connectivity index (χ0) is 25.4. The molecule has 1 aliphatic heterocycles. The van der Waals surface area contributed by atoms with Crippen molar-refractivity contribution in [3.63, 3.8) is 0 Å². The molecule has 36 heavy (non-hydrogen) atoms. The van der Waals surface area contributed by atoms with Crippen molar-refractivity contribution in [2.24, 2.45) is 7.05 Å². The van der Waals surface area contributed by atoms with Crippen molar-refractivity contribution in [1.82, 2.24) is 20.0 Å². The lowest BCUT2D eigenvalue weighted by molar-refractivity contribution is 0.0629. The summed E-state index contributed by atoms with van der Waals surface area (Å²) in [5, 5.41) is 8.76. The molecule has 0 saturated heterocycles. The third kappa shape index (κ3) is 4.42. The van der Waals surface area contributed by atoms with Gasteiger partial charge in [0.2, 0.25) is 0 Å². The fraction of sp³-hybridized carbons (Fsp3) is 0.154. The van der Waals surface area contributed by atoms with Crippen LogP contribution in [0.4, 0.5) is 8.78 Å². The van der Waals surface area contributed by atoms with E-state index in [0.29, 0.717) is 4.88 Å². The van der Waals surface area contributed by atoms with E-state index in [4.69, 9.17) is 0 Å². The van der Waals surface area contributed by atoms with Crippen LogP contribution in [0.1, 0.15) is 36.0 Å². The first kappa shape index (κ1) is 23.6. The number of aromatic nitrogens is 2. The van der Waals surface area contributed by atoms with E-state index in [-0.39, 0.29) is 29.7 Å². The van der Waals surface area contributed by atoms with Crippen molar-refractivity contribution in [2.75, 3.05) is 6.54 Å². The smallest absolute Gasteiger partial charge is 0.261 e. The summed E-state index contributed by atoms with van der Waals surface area (Å²) >= 11 is 1.22. The van der Waals surface area contributed by atoms with Crippen LogP contribution < -0.4 is 5.32 Å². The highest BCUT2D eigenvalue weighted by molar-refractivity contribution is 7.12. The van der Waals surface area contributed by atoms with Crippen LogP contribution in [-0.2, 0) is 13.5 Å². The van der Waals surface area contributed by atoms with Gasteiger partial charge in [-0.05, 0) is 54.4 Å². The Balaban J connectivity index is 1.41. The van der Waals surface area contributed by atoms with Crippen LogP contribution in [0.2, 0.25) is 0 Å². The van der Waals surface area contributed by atoms with Crippen LogP contribution in [0.5, 0.6) is 0 Å². The topological polar surface area (TPSA) is 84.3 Å². The number of nitrogens with one attached hydrogen (secondary N) is 1. The Labute approximate surface area is 209 Å². The molecule has 1 atom stereocenters. The molecule has 0 saturated carbocycles. The lowest BCUT2D eigenvalue weighted by Crippen LogP contribution is -2.47. The van der Waals surface area contributed by atoms with E-state index in [0.717, 1.165) is 34.4 Å². The van der Waals surface area contributed by atoms with Crippen LogP contribution in [0, 0.1) is 11.6 Å². The summed E-state index contributed by atoms with van der Waals surface area (Å²) in [7, 11) is 1.79. The van der Waals surface area contributed by atoms with Gasteiger partial charge in [0.15, 0.2) is 0 Å². The average molecular weight is 507 g/mol. The number of rotatable bonds is 7. The molecule has 10 heteroatoms. The molecule has 0 radical (unpaired) electrons. The number of thiophene rings is 1. The number of benzene rings is 2. The van der Waals surface area contributed by atoms with E-state index in [1.807, 2.05) is 11.4 Å². The third-order valence-electron chi connectivity index (χ3n) is 6.03. The number of fused-ring (bicyclic) bond motifs is 1. The summed E-state index contributed by atoms with van der Waals surface area (Å²) in [6.45, 7) is -0.200. The second-order valence-corrected chi connectivity index (χ2v) is 9.33. The van der Waals surface area contributed by atoms with Crippen LogP contribution in [0.3, 0.4) is 0 Å². The lowest BCUT2D eigenvalue weighted by Gasteiger charge is -2.24. The SMILES string of the molecule is Cn1nccc1-c1csc(C(=O)N[C@@H](Cc2cc(F)ccc2F)CN2C(=O)c3ccccc3C2=O)c1. The molecule has 0 spiro atoms. The van der Waals surface area contributed by atoms with Crippen LogP contribution in [0.25, 0.3) is 11.3 Å². The molecule has 7 nitrogen and oxygen atoms in total. The van der Waals surface area contributed by atoms with E-state index in [9.17, 15) is 23.2 Å². The molecule has 3 heterocycles. The van der Waals surface area contributed by atoms with Crippen molar-refractivity contribution in [1.29, 1.82) is 0 Å². The first-order valence-electron chi connectivity index (χ1n) is 11.1. The van der Waals surface area contributed by atoms with E-state index in [1.165, 1.54) is 11.3 Å². The van der Waals surface area contributed by atoms with Crippen LogP contribution in [0.15, 0.2) is 66.2 Å². The number of hydrogen-bond acceptors (Lipinski definition) is 5. The highest BCUT2D eigenvalue weighted by atomic mass is 32.1. The zero-order valence-corrected chi connectivity index (χ0v) is 19.9. The molecule has 5 rings (SSSR count). The Hall–Kier alpha value is -4.18. The molecular weight excluding hydrogens is 486 g/mol. The maximum Gasteiger partial charge on any atom is 0.261 e. The number of carbonyl (C=O) groups excluding carboxylic acids is 3. The number of hydrogen-bond donors (Lipinski definition) is 1. The summed E-state index contributed by atoms with van der Waals surface area (Å²) in [6, 6.07) is 12.1. The lowest BCUT2D eigenvalue weighted by atomic mass is 10.0. The predicted octanol–water partition coefficient (Wildman–Crippen LogP) is 4.06. The fourth-order valence-corrected chi connectivity index (χ4v) is 5.06. The summed E-state index contributed by atoms with van der Waals surface area (Å²) in [6.07, 6.45) is 1.53. The van der Waals surface area contributed by atoms with Crippen molar-refractivity contribution in [2.45, 2.75) is 12.5 Å². The minimum atomic E-state index is -0.863. The molecule has 2 aromatic carbocycles. The maximum absolute atomic E-state index is 14.4. The summed E-state index contributed by atoms with van der Waals surface area (Å²) in [5.74, 6) is -2.72. The predicted molar refractivity (Wildman–Crippen MR) is 130 cm³/mol. The molecule has 0 bridgehead atoms. The molecule has 2 aromatic heterocycles. The minimum absolute atomic E-state index is 0.0265. The van der Waals surface area contributed by atoms with Crippen molar-refractivity contribution < 1.29 is 23.2 Å². The molecule has 0 aliphatic carbocycles. The number of nitrogens with zero attached hydrogens (tertiary/aromatic N) is 3. The normalized spacial score (nSPS) is 13.7. The number of carbonyl (C=O) groups is 3. The van der Waals surface area contributed by atoms with Gasteiger partial charge >= 0.3 is 0 Å². The van der Waals surface area contributed by atoms with Gasteiger partial charge in [-0.15, -0.1) is 11.3 Å². The van der Waals surface area contributed by atoms with E-state index in [1.54, 1.807) is 48.3 Å². The molecule has 0 fully saturated rings. The molecule has 182 valence electrons. The maximum atomic E-state index is 14.4. The number of amides is 3. The van der Waals surface area contributed by atoms with E-state index in [2.05, 4.69) is 10.4 Å². The fourth-order valence-electron chi connectivity index (χ4n) is 4.25. The van der Waals surface area contributed by atoms with Crippen LogP contribution in [-0.4, -0.2) is 45.0 Å². The van der Waals surface area contributed by atoms with Gasteiger partial charge in [-0.25, -0.2) is 8.78 Å². The van der Waals surface area contributed by atoms with Gasteiger partial charge < -0.3 is 5.32 Å². The van der Waals surface area contributed by atoms with Gasteiger partial charge in [-0.3, -0.25) is 24.0 Å². The largest absolute Gasteiger partial charge is 0.346 e. The summed E-state index contributed by atoms with van der Waals surface area (Å²) in [5.41, 5.74) is 2.19. The average Bonchev–Trinajstić information content (AvgIpc) is 3.57. The Kier molecular flexibility index (Phi) is 6.19. The quantitative estimate of drug-likeness (QED) is 0.383. The first-order chi connectivity index (χ1) is 17.3. The van der Waals surface area contributed by atoms with E-state index < -0.39 is 35.4 Å². The molecule has 0 unspecified atom stereocenters. The van der Waals surface area contributed by atoms with Gasteiger partial charge in [-0.2, -0.15) is 5.10 Å². The monoisotopic (exact) mass is 506 g/mol. The standard InChI is InChI=1S/C26H20F2N4O3S/c1-31-22(8-9-29-31)16-12-23(36-14-16)24(33)30-18(11-15-10-17(27)6-7-21(15)28)13-32-25(34)19-4-2-3-5-20(19)26(32)35/h2-10,12,14,18H,11,13H2,1H3,(H,30,33)/t18-/m0/s1. The third-order valence-corrected chi connectivity index (χ3v) is 6.96. The summed E-state index contributed by atoms with van der Waals surface area (Å²) in [4.78, 5) is 40.3. The van der Waals surface area contributed by atoms with Gasteiger partial charge in [0.05, 0.1) is 27.7 Å². The Bertz CT molecular complexity index is 1460. The highest BCUT2D eigenvalue weighted by Crippen LogP contribution is 2.26. The highest BCUT2D eigenvalue weighted by Gasteiger charge is 2.37. The van der Waals surface area contributed by atoms with Crippen molar-refractivity contribution in [3.05, 3.63) is 99.4 Å². The van der Waals surface area contributed by atoms with Gasteiger partial charge in [0.1, 0.15) is 11.6 Å². The second-order valence-electron chi connectivity index (χ2n) is 8.42. The van der Waals surface area contributed by atoms with Gasteiger partial charge in [0, 0.05) is 30.7 Å². The van der Waals surface area contributed by atoms with Gasteiger partial charge in [0.25, 0.3) is 17.7 Å². The molecular formula is C26H20F2N4O3S. The number of aryl methyl sites for hydroxylation is 1. The van der Waals surface area contributed by atoms with Crippen molar-refractivity contribution >= 4 is 29.1 Å². The van der Waals surface area contributed by atoms with E-state index >= 15 is 0 Å². The zero-order valence-electron chi connectivity index (χ0n) is 19.1. The van der Waals surface area contributed by atoms with Crippen LogP contribution >= 0.6 is 11.3 Å². The minimum Gasteiger partial charge on any atom is -0.346 e.